The predicted molar refractivity (Wildman–Crippen MR) is 74.1 cm³/mol. The summed E-state index contributed by atoms with van der Waals surface area (Å²) in [6.07, 6.45) is 6.14. The van der Waals surface area contributed by atoms with Crippen molar-refractivity contribution in [3.8, 4) is 0 Å². The number of hydrogen-bond acceptors (Lipinski definition) is 1. The van der Waals surface area contributed by atoms with Crippen LogP contribution in [-0.4, -0.2) is 12.6 Å². The Labute approximate surface area is 110 Å². The average Bonchev–Trinajstić information content (AvgIpc) is 2.77. The summed E-state index contributed by atoms with van der Waals surface area (Å²) in [4.78, 5) is 0. The lowest BCUT2D eigenvalue weighted by Gasteiger charge is -2.26. The van der Waals surface area contributed by atoms with Gasteiger partial charge in [-0.25, -0.2) is 4.39 Å². The van der Waals surface area contributed by atoms with Crippen LogP contribution in [0.25, 0.3) is 0 Å². The van der Waals surface area contributed by atoms with Gasteiger partial charge in [-0.1, -0.05) is 38.0 Å². The van der Waals surface area contributed by atoms with Crippen LogP contribution in [0.2, 0.25) is 0 Å². The second-order valence-electron chi connectivity index (χ2n) is 6.10. The number of nitrogens with one attached hydrogen (secondary N) is 1. The van der Waals surface area contributed by atoms with E-state index < -0.39 is 0 Å². The number of benzene rings is 1. The van der Waals surface area contributed by atoms with Crippen LogP contribution in [0, 0.1) is 11.2 Å². The van der Waals surface area contributed by atoms with Gasteiger partial charge >= 0.3 is 0 Å². The molecule has 1 atom stereocenters. The summed E-state index contributed by atoms with van der Waals surface area (Å²) in [7, 11) is 0. The summed E-state index contributed by atoms with van der Waals surface area (Å²) < 4.78 is 13.5. The van der Waals surface area contributed by atoms with Crippen molar-refractivity contribution in [2.45, 2.75) is 52.0 Å². The highest BCUT2D eigenvalue weighted by Gasteiger charge is 2.28. The molecule has 1 aliphatic carbocycles. The fourth-order valence-electron chi connectivity index (χ4n) is 2.89. The first kappa shape index (κ1) is 13.5. The van der Waals surface area contributed by atoms with Crippen molar-refractivity contribution in [2.75, 3.05) is 6.54 Å². The van der Waals surface area contributed by atoms with Crippen LogP contribution in [0.15, 0.2) is 24.3 Å². The van der Waals surface area contributed by atoms with Gasteiger partial charge in [-0.15, -0.1) is 0 Å². The quantitative estimate of drug-likeness (QED) is 0.834. The van der Waals surface area contributed by atoms with E-state index in [4.69, 9.17) is 0 Å². The SMILES string of the molecule is CC(Cc1ccccc1F)NCC1(C)CCCC1. The van der Waals surface area contributed by atoms with Crippen LogP contribution >= 0.6 is 0 Å². The van der Waals surface area contributed by atoms with Gasteiger partial charge in [0.2, 0.25) is 0 Å². The van der Waals surface area contributed by atoms with E-state index in [1.54, 1.807) is 12.1 Å². The van der Waals surface area contributed by atoms with Gasteiger partial charge in [0.05, 0.1) is 0 Å². The first-order chi connectivity index (χ1) is 8.59. The molecule has 1 aromatic rings. The Morgan fingerprint density at radius 2 is 1.94 bits per heavy atom. The minimum Gasteiger partial charge on any atom is -0.313 e. The van der Waals surface area contributed by atoms with E-state index in [1.165, 1.54) is 25.7 Å². The maximum absolute atomic E-state index is 13.5. The van der Waals surface area contributed by atoms with E-state index >= 15 is 0 Å². The summed E-state index contributed by atoms with van der Waals surface area (Å²) in [6, 6.07) is 7.41. The summed E-state index contributed by atoms with van der Waals surface area (Å²) in [5, 5.41) is 3.57. The molecule has 1 unspecified atom stereocenters. The minimum atomic E-state index is -0.0850. The Morgan fingerprint density at radius 1 is 1.28 bits per heavy atom. The summed E-state index contributed by atoms with van der Waals surface area (Å²) in [6.45, 7) is 5.57. The van der Waals surface area contributed by atoms with Crippen LogP contribution in [0.5, 0.6) is 0 Å². The highest BCUT2D eigenvalue weighted by molar-refractivity contribution is 5.18. The third-order valence-electron chi connectivity index (χ3n) is 4.17. The molecule has 0 aliphatic heterocycles. The third kappa shape index (κ3) is 3.55. The summed E-state index contributed by atoms with van der Waals surface area (Å²) >= 11 is 0. The van der Waals surface area contributed by atoms with E-state index in [0.717, 1.165) is 18.5 Å². The molecule has 1 saturated carbocycles. The molecule has 1 N–H and O–H groups in total. The smallest absolute Gasteiger partial charge is 0.126 e. The zero-order valence-electron chi connectivity index (χ0n) is 11.5. The molecule has 1 aliphatic rings. The molecule has 2 heteroatoms. The van der Waals surface area contributed by atoms with Gasteiger partial charge in [-0.05, 0) is 43.2 Å². The second-order valence-corrected chi connectivity index (χ2v) is 6.10. The average molecular weight is 249 g/mol. The van der Waals surface area contributed by atoms with Crippen molar-refractivity contribution in [2.24, 2.45) is 5.41 Å². The normalized spacial score (nSPS) is 19.9. The largest absolute Gasteiger partial charge is 0.313 e. The lowest BCUT2D eigenvalue weighted by Crippen LogP contribution is -2.36. The molecule has 0 heterocycles. The Balaban J connectivity index is 1.82. The molecule has 1 nitrogen and oxygen atoms in total. The van der Waals surface area contributed by atoms with E-state index in [1.807, 2.05) is 12.1 Å². The monoisotopic (exact) mass is 249 g/mol. The summed E-state index contributed by atoms with van der Waals surface area (Å²) in [5.41, 5.74) is 1.28. The molecule has 0 aromatic heterocycles. The molecule has 100 valence electrons. The van der Waals surface area contributed by atoms with E-state index in [9.17, 15) is 4.39 Å². The molecular weight excluding hydrogens is 225 g/mol. The van der Waals surface area contributed by atoms with Crippen molar-refractivity contribution in [1.82, 2.24) is 5.32 Å². The molecule has 0 bridgehead atoms. The van der Waals surface area contributed by atoms with Crippen LogP contribution in [0.1, 0.15) is 45.1 Å². The Kier molecular flexibility index (Phi) is 4.39. The molecule has 1 aromatic carbocycles. The number of rotatable bonds is 5. The second kappa shape index (κ2) is 5.83. The minimum absolute atomic E-state index is 0.0850. The van der Waals surface area contributed by atoms with Crippen LogP contribution in [-0.2, 0) is 6.42 Å². The van der Waals surface area contributed by atoms with Crippen molar-refractivity contribution >= 4 is 0 Å². The molecule has 0 saturated heterocycles. The van der Waals surface area contributed by atoms with Gasteiger partial charge < -0.3 is 5.32 Å². The maximum atomic E-state index is 13.5. The molecule has 0 radical (unpaired) electrons. The van der Waals surface area contributed by atoms with Gasteiger partial charge in [0, 0.05) is 12.6 Å². The molecule has 2 rings (SSSR count). The fourth-order valence-corrected chi connectivity index (χ4v) is 2.89. The van der Waals surface area contributed by atoms with Crippen molar-refractivity contribution < 1.29 is 4.39 Å². The molecule has 0 spiro atoms. The Morgan fingerprint density at radius 3 is 2.61 bits per heavy atom. The van der Waals surface area contributed by atoms with Gasteiger partial charge in [0.1, 0.15) is 5.82 Å². The number of hydrogen-bond donors (Lipinski definition) is 1. The zero-order valence-corrected chi connectivity index (χ0v) is 11.5. The van der Waals surface area contributed by atoms with E-state index in [-0.39, 0.29) is 5.82 Å². The van der Waals surface area contributed by atoms with Gasteiger partial charge in [0.15, 0.2) is 0 Å². The van der Waals surface area contributed by atoms with Gasteiger partial charge in [-0.3, -0.25) is 0 Å². The van der Waals surface area contributed by atoms with Crippen molar-refractivity contribution in [3.05, 3.63) is 35.6 Å². The number of halogens is 1. The Bertz CT molecular complexity index is 382. The van der Waals surface area contributed by atoms with Gasteiger partial charge in [-0.2, -0.15) is 0 Å². The predicted octanol–water partition coefficient (Wildman–Crippen LogP) is 3.93. The van der Waals surface area contributed by atoms with E-state index in [2.05, 4.69) is 19.2 Å². The Hall–Kier alpha value is -0.890. The standard InChI is InChI=1S/C16H24FN/c1-13(11-14-7-3-4-8-15(14)17)18-12-16(2)9-5-6-10-16/h3-4,7-8,13,18H,5-6,9-12H2,1-2H3. The van der Waals surface area contributed by atoms with Gasteiger partial charge in [0.25, 0.3) is 0 Å². The third-order valence-corrected chi connectivity index (χ3v) is 4.17. The molecular formula is C16H24FN. The van der Waals surface area contributed by atoms with E-state index in [0.29, 0.717) is 11.5 Å². The lowest BCUT2D eigenvalue weighted by molar-refractivity contribution is 0.299. The highest BCUT2D eigenvalue weighted by atomic mass is 19.1. The molecule has 0 amide bonds. The lowest BCUT2D eigenvalue weighted by atomic mass is 9.88. The first-order valence-electron chi connectivity index (χ1n) is 7.06. The molecule has 18 heavy (non-hydrogen) atoms. The topological polar surface area (TPSA) is 12.0 Å². The molecule has 1 fully saturated rings. The zero-order chi connectivity index (χ0) is 13.0. The van der Waals surface area contributed by atoms with Crippen LogP contribution in [0.3, 0.4) is 0 Å². The first-order valence-corrected chi connectivity index (χ1v) is 7.06. The maximum Gasteiger partial charge on any atom is 0.126 e. The van der Waals surface area contributed by atoms with Crippen molar-refractivity contribution in [1.29, 1.82) is 0 Å². The van der Waals surface area contributed by atoms with Crippen LogP contribution < -0.4 is 5.32 Å². The van der Waals surface area contributed by atoms with Crippen molar-refractivity contribution in [3.63, 3.8) is 0 Å². The fraction of sp³-hybridized carbons (Fsp3) is 0.625. The highest BCUT2D eigenvalue weighted by Crippen LogP contribution is 2.36. The van der Waals surface area contributed by atoms with Crippen LogP contribution in [0.4, 0.5) is 4.39 Å². The summed E-state index contributed by atoms with van der Waals surface area (Å²) in [5.74, 6) is -0.0850.